The molecule has 0 bridgehead atoms. The first kappa shape index (κ1) is 17.7. The Bertz CT molecular complexity index is 581. The van der Waals surface area contributed by atoms with Crippen LogP contribution in [0, 0.1) is 12.8 Å². The molecular weight excluding hydrogens is 290 g/mol. The molecule has 0 saturated heterocycles. The number of nitrogens with zero attached hydrogens (tertiary/aromatic N) is 1. The summed E-state index contributed by atoms with van der Waals surface area (Å²) in [5, 5.41) is 0. The van der Waals surface area contributed by atoms with Gasteiger partial charge < -0.3 is 4.74 Å². The van der Waals surface area contributed by atoms with Crippen molar-refractivity contribution >= 4 is 16.0 Å². The van der Waals surface area contributed by atoms with E-state index in [0.717, 1.165) is 0 Å². The van der Waals surface area contributed by atoms with Gasteiger partial charge in [0.2, 0.25) is 10.0 Å². The fraction of sp³-hybridized carbons (Fsp3) is 0.533. The van der Waals surface area contributed by atoms with Crippen molar-refractivity contribution < 1.29 is 17.9 Å². The maximum absolute atomic E-state index is 12.8. The minimum atomic E-state index is -3.61. The number of benzene rings is 1. The number of hydrogen-bond acceptors (Lipinski definition) is 4. The van der Waals surface area contributed by atoms with Crippen LogP contribution in [0.4, 0.5) is 0 Å². The molecule has 0 aliphatic carbocycles. The molecule has 1 aromatic carbocycles. The van der Waals surface area contributed by atoms with E-state index in [2.05, 4.69) is 4.74 Å². The van der Waals surface area contributed by atoms with E-state index in [4.69, 9.17) is 0 Å². The molecule has 0 saturated carbocycles. The van der Waals surface area contributed by atoms with Gasteiger partial charge in [0.15, 0.2) is 0 Å². The zero-order chi connectivity index (χ0) is 16.0. The second kappa shape index (κ2) is 7.56. The smallest absolute Gasteiger partial charge is 0.306 e. The van der Waals surface area contributed by atoms with E-state index in [-0.39, 0.29) is 23.8 Å². The lowest BCUT2D eigenvalue weighted by Gasteiger charge is -2.24. The zero-order valence-corrected chi connectivity index (χ0v) is 13.8. The molecule has 21 heavy (non-hydrogen) atoms. The van der Waals surface area contributed by atoms with Gasteiger partial charge >= 0.3 is 5.97 Å². The molecule has 0 radical (unpaired) electrons. The highest BCUT2D eigenvalue weighted by molar-refractivity contribution is 7.89. The summed E-state index contributed by atoms with van der Waals surface area (Å²) in [7, 11) is -2.31. The molecule has 0 heterocycles. The summed E-state index contributed by atoms with van der Waals surface area (Å²) in [6.45, 7) is 6.15. The number of methoxy groups -OCH3 is 1. The molecular formula is C15H23NO4S. The first-order valence-electron chi connectivity index (χ1n) is 6.91. The molecule has 0 N–H and O–H groups in total. The van der Waals surface area contributed by atoms with Crippen molar-refractivity contribution in [1.29, 1.82) is 0 Å². The Morgan fingerprint density at radius 2 is 1.90 bits per heavy atom. The van der Waals surface area contributed by atoms with Gasteiger partial charge in [-0.25, -0.2) is 8.42 Å². The van der Waals surface area contributed by atoms with E-state index in [1.807, 2.05) is 13.8 Å². The van der Waals surface area contributed by atoms with E-state index >= 15 is 0 Å². The second-order valence-corrected chi connectivity index (χ2v) is 7.25. The van der Waals surface area contributed by atoms with E-state index < -0.39 is 16.0 Å². The highest BCUT2D eigenvalue weighted by Gasteiger charge is 2.26. The Hall–Kier alpha value is -1.40. The van der Waals surface area contributed by atoms with Crippen molar-refractivity contribution in [2.24, 2.45) is 5.92 Å². The maximum Gasteiger partial charge on any atom is 0.306 e. The van der Waals surface area contributed by atoms with Gasteiger partial charge in [-0.2, -0.15) is 4.31 Å². The number of carbonyl (C=O) groups excluding carboxylic acids is 1. The Balaban J connectivity index is 3.06. The van der Waals surface area contributed by atoms with E-state index in [9.17, 15) is 13.2 Å². The summed E-state index contributed by atoms with van der Waals surface area (Å²) in [5.41, 5.74) is 0.698. The Labute approximate surface area is 127 Å². The van der Waals surface area contributed by atoms with Crippen molar-refractivity contribution in [3.05, 3.63) is 29.8 Å². The molecule has 0 amide bonds. The van der Waals surface area contributed by atoms with Crippen LogP contribution in [0.3, 0.4) is 0 Å². The summed E-state index contributed by atoms with van der Waals surface area (Å²) >= 11 is 0. The number of carbonyl (C=O) groups is 1. The highest BCUT2D eigenvalue weighted by Crippen LogP contribution is 2.20. The first-order chi connectivity index (χ1) is 9.78. The molecule has 1 aromatic rings. The number of hydrogen-bond donors (Lipinski definition) is 0. The third-order valence-electron chi connectivity index (χ3n) is 3.07. The van der Waals surface area contributed by atoms with E-state index in [1.165, 1.54) is 11.4 Å². The van der Waals surface area contributed by atoms with Crippen LogP contribution in [0.5, 0.6) is 0 Å². The predicted octanol–water partition coefficient (Wildman–Crippen LogP) is 2.20. The van der Waals surface area contributed by atoms with Crippen LogP contribution in [-0.2, 0) is 19.6 Å². The second-order valence-electron chi connectivity index (χ2n) is 5.35. The highest BCUT2D eigenvalue weighted by atomic mass is 32.2. The van der Waals surface area contributed by atoms with Crippen LogP contribution in [0.1, 0.15) is 25.8 Å². The van der Waals surface area contributed by atoms with Crippen LogP contribution in [-0.4, -0.2) is 38.9 Å². The van der Waals surface area contributed by atoms with Crippen molar-refractivity contribution in [2.45, 2.75) is 32.1 Å². The Kier molecular flexibility index (Phi) is 6.36. The van der Waals surface area contributed by atoms with Crippen molar-refractivity contribution in [1.82, 2.24) is 4.31 Å². The third kappa shape index (κ3) is 4.82. The average molecular weight is 313 g/mol. The molecule has 0 aromatic heterocycles. The normalized spacial score (nSPS) is 11.9. The Morgan fingerprint density at radius 3 is 2.43 bits per heavy atom. The quantitative estimate of drug-likeness (QED) is 0.724. The van der Waals surface area contributed by atoms with Gasteiger partial charge in [-0.05, 0) is 24.5 Å². The van der Waals surface area contributed by atoms with Crippen LogP contribution in [0.2, 0.25) is 0 Å². The van der Waals surface area contributed by atoms with Crippen molar-refractivity contribution in [3.8, 4) is 0 Å². The van der Waals surface area contributed by atoms with Gasteiger partial charge in [-0.3, -0.25) is 4.79 Å². The minimum Gasteiger partial charge on any atom is -0.469 e. The van der Waals surface area contributed by atoms with Gasteiger partial charge in [0, 0.05) is 13.1 Å². The first-order valence-corrected chi connectivity index (χ1v) is 8.35. The number of rotatable bonds is 7. The minimum absolute atomic E-state index is 0.0499. The molecule has 0 fully saturated rings. The summed E-state index contributed by atoms with van der Waals surface area (Å²) in [6.07, 6.45) is 0.0499. The summed E-state index contributed by atoms with van der Waals surface area (Å²) in [6, 6.07) is 6.86. The van der Waals surface area contributed by atoms with Gasteiger partial charge in [0.25, 0.3) is 0 Å². The fourth-order valence-electron chi connectivity index (χ4n) is 2.02. The number of sulfonamides is 1. The number of esters is 1. The lowest BCUT2D eigenvalue weighted by molar-refractivity contribution is -0.140. The summed E-state index contributed by atoms with van der Waals surface area (Å²) in [4.78, 5) is 11.6. The SMILES string of the molecule is COC(=O)CCN(CC(C)C)S(=O)(=O)c1ccccc1C. The van der Waals surface area contributed by atoms with Crippen LogP contribution >= 0.6 is 0 Å². The number of aryl methyl sites for hydroxylation is 1. The van der Waals surface area contributed by atoms with E-state index in [0.29, 0.717) is 12.1 Å². The zero-order valence-electron chi connectivity index (χ0n) is 13.0. The molecule has 0 unspecified atom stereocenters. The van der Waals surface area contributed by atoms with Crippen LogP contribution < -0.4 is 0 Å². The predicted molar refractivity (Wildman–Crippen MR) is 81.4 cm³/mol. The topological polar surface area (TPSA) is 63.7 Å². The largest absolute Gasteiger partial charge is 0.469 e. The average Bonchev–Trinajstić information content (AvgIpc) is 2.42. The third-order valence-corrected chi connectivity index (χ3v) is 5.10. The monoisotopic (exact) mass is 313 g/mol. The molecule has 5 nitrogen and oxygen atoms in total. The van der Waals surface area contributed by atoms with Crippen LogP contribution in [0.25, 0.3) is 0 Å². The van der Waals surface area contributed by atoms with Crippen LogP contribution in [0.15, 0.2) is 29.2 Å². The lowest BCUT2D eigenvalue weighted by atomic mass is 10.2. The number of ether oxygens (including phenoxy) is 1. The Morgan fingerprint density at radius 1 is 1.29 bits per heavy atom. The molecule has 6 heteroatoms. The maximum atomic E-state index is 12.8. The van der Waals surface area contributed by atoms with Gasteiger partial charge in [-0.15, -0.1) is 0 Å². The summed E-state index contributed by atoms with van der Waals surface area (Å²) < 4.78 is 31.5. The molecule has 0 aliphatic heterocycles. The van der Waals surface area contributed by atoms with E-state index in [1.54, 1.807) is 31.2 Å². The van der Waals surface area contributed by atoms with Crippen molar-refractivity contribution in [3.63, 3.8) is 0 Å². The standard InChI is InChI=1S/C15H23NO4S/c1-12(2)11-16(10-9-15(17)20-4)21(18,19)14-8-6-5-7-13(14)3/h5-8,12H,9-11H2,1-4H3. The molecule has 0 atom stereocenters. The van der Waals surface area contributed by atoms with Crippen molar-refractivity contribution in [2.75, 3.05) is 20.2 Å². The van der Waals surface area contributed by atoms with Gasteiger partial charge in [0.05, 0.1) is 18.4 Å². The van der Waals surface area contributed by atoms with Gasteiger partial charge in [-0.1, -0.05) is 32.0 Å². The molecule has 0 aliphatic rings. The fourth-order valence-corrected chi connectivity index (χ4v) is 3.85. The summed E-state index contributed by atoms with van der Waals surface area (Å²) in [5.74, 6) is -0.245. The van der Waals surface area contributed by atoms with Gasteiger partial charge in [0.1, 0.15) is 0 Å². The molecule has 1 rings (SSSR count). The molecule has 0 spiro atoms. The molecule has 118 valence electrons. The lowest BCUT2D eigenvalue weighted by Crippen LogP contribution is -2.36.